The molecule has 0 aliphatic carbocycles. The maximum atomic E-state index is 12.1. The lowest BCUT2D eigenvalue weighted by molar-refractivity contribution is -0.126. The van der Waals surface area contributed by atoms with Crippen LogP contribution < -0.4 is 16.4 Å². The topological polar surface area (TPSA) is 87.5 Å². The molecule has 0 aromatic carbocycles. The Kier molecular flexibility index (Phi) is 6.95. The molecule has 1 aliphatic rings. The Morgan fingerprint density at radius 3 is 2.65 bits per heavy atom. The largest absolute Gasteiger partial charge is 0.338 e. The van der Waals surface area contributed by atoms with Gasteiger partial charge in [-0.25, -0.2) is 4.79 Å². The van der Waals surface area contributed by atoms with E-state index in [0.29, 0.717) is 19.0 Å². The van der Waals surface area contributed by atoms with Crippen molar-refractivity contribution in [3.8, 4) is 0 Å². The number of hydrogen-bond donors (Lipinski definition) is 3. The SMILES string of the molecule is CCNC(=O)NC(=O)C(C)N1CCC(CC)CC1CN. The van der Waals surface area contributed by atoms with Crippen molar-refractivity contribution < 1.29 is 9.59 Å². The van der Waals surface area contributed by atoms with E-state index in [-0.39, 0.29) is 18.0 Å². The molecule has 6 nitrogen and oxygen atoms in total. The van der Waals surface area contributed by atoms with E-state index in [2.05, 4.69) is 22.5 Å². The first-order valence-corrected chi connectivity index (χ1v) is 7.57. The molecule has 0 aromatic heterocycles. The highest BCUT2D eigenvalue weighted by molar-refractivity contribution is 5.96. The van der Waals surface area contributed by atoms with E-state index in [1.54, 1.807) is 0 Å². The van der Waals surface area contributed by atoms with Gasteiger partial charge >= 0.3 is 6.03 Å². The number of urea groups is 1. The van der Waals surface area contributed by atoms with Crippen molar-refractivity contribution in [3.05, 3.63) is 0 Å². The predicted molar refractivity (Wildman–Crippen MR) is 79.2 cm³/mol. The van der Waals surface area contributed by atoms with E-state index in [4.69, 9.17) is 5.73 Å². The fraction of sp³-hybridized carbons (Fsp3) is 0.857. The highest BCUT2D eigenvalue weighted by Crippen LogP contribution is 2.26. The van der Waals surface area contributed by atoms with Gasteiger partial charge in [-0.3, -0.25) is 15.0 Å². The fourth-order valence-corrected chi connectivity index (χ4v) is 2.84. The Labute approximate surface area is 121 Å². The molecule has 4 N–H and O–H groups in total. The molecular formula is C14H28N4O2. The normalized spacial score (nSPS) is 25.0. The van der Waals surface area contributed by atoms with Crippen molar-refractivity contribution in [2.24, 2.45) is 11.7 Å². The Morgan fingerprint density at radius 1 is 1.40 bits per heavy atom. The van der Waals surface area contributed by atoms with Gasteiger partial charge in [0.05, 0.1) is 6.04 Å². The monoisotopic (exact) mass is 284 g/mol. The lowest BCUT2D eigenvalue weighted by atomic mass is 9.88. The molecule has 1 rings (SSSR count). The number of nitrogens with one attached hydrogen (secondary N) is 2. The molecule has 20 heavy (non-hydrogen) atoms. The van der Waals surface area contributed by atoms with Crippen LogP contribution in [-0.2, 0) is 4.79 Å². The smallest absolute Gasteiger partial charge is 0.321 e. The number of amides is 3. The summed E-state index contributed by atoms with van der Waals surface area (Å²) in [6.45, 7) is 7.76. The molecule has 3 amide bonds. The van der Waals surface area contributed by atoms with Crippen molar-refractivity contribution in [2.75, 3.05) is 19.6 Å². The second-order valence-corrected chi connectivity index (χ2v) is 5.45. The second-order valence-electron chi connectivity index (χ2n) is 5.45. The minimum absolute atomic E-state index is 0.226. The van der Waals surface area contributed by atoms with Crippen molar-refractivity contribution >= 4 is 11.9 Å². The maximum Gasteiger partial charge on any atom is 0.321 e. The minimum Gasteiger partial charge on any atom is -0.338 e. The molecule has 1 fully saturated rings. The van der Waals surface area contributed by atoms with Crippen LogP contribution in [0.3, 0.4) is 0 Å². The van der Waals surface area contributed by atoms with Gasteiger partial charge in [0.2, 0.25) is 5.91 Å². The number of piperidine rings is 1. The van der Waals surface area contributed by atoms with Gasteiger partial charge in [0.15, 0.2) is 0 Å². The minimum atomic E-state index is -0.433. The van der Waals surface area contributed by atoms with Crippen LogP contribution >= 0.6 is 0 Å². The van der Waals surface area contributed by atoms with Gasteiger partial charge in [0, 0.05) is 19.1 Å². The van der Waals surface area contributed by atoms with Crippen molar-refractivity contribution in [1.29, 1.82) is 0 Å². The van der Waals surface area contributed by atoms with Gasteiger partial charge in [0.1, 0.15) is 0 Å². The average Bonchev–Trinajstić information content (AvgIpc) is 2.45. The Bertz CT molecular complexity index is 335. The molecule has 3 unspecified atom stereocenters. The van der Waals surface area contributed by atoms with Crippen LogP contribution in [0, 0.1) is 5.92 Å². The van der Waals surface area contributed by atoms with E-state index in [9.17, 15) is 9.59 Å². The zero-order valence-electron chi connectivity index (χ0n) is 12.8. The Hall–Kier alpha value is -1.14. The van der Waals surface area contributed by atoms with Crippen LogP contribution in [0.2, 0.25) is 0 Å². The predicted octanol–water partition coefficient (Wildman–Crippen LogP) is 0.670. The van der Waals surface area contributed by atoms with Crippen LogP contribution in [0.1, 0.15) is 40.0 Å². The van der Waals surface area contributed by atoms with Gasteiger partial charge in [-0.05, 0) is 39.2 Å². The number of likely N-dealkylation sites (tertiary alicyclic amines) is 1. The van der Waals surface area contributed by atoms with E-state index in [1.807, 2.05) is 13.8 Å². The summed E-state index contributed by atoms with van der Waals surface area (Å²) < 4.78 is 0. The average molecular weight is 284 g/mol. The second kappa shape index (κ2) is 8.21. The maximum absolute atomic E-state index is 12.1. The molecular weight excluding hydrogens is 256 g/mol. The third-order valence-corrected chi connectivity index (χ3v) is 4.17. The lowest BCUT2D eigenvalue weighted by Crippen LogP contribution is -2.56. The molecule has 6 heteroatoms. The van der Waals surface area contributed by atoms with E-state index < -0.39 is 6.03 Å². The zero-order valence-corrected chi connectivity index (χ0v) is 12.8. The first kappa shape index (κ1) is 16.9. The Balaban J connectivity index is 2.58. The van der Waals surface area contributed by atoms with Crippen LogP contribution in [-0.4, -0.2) is 48.6 Å². The van der Waals surface area contributed by atoms with Crippen molar-refractivity contribution in [1.82, 2.24) is 15.5 Å². The molecule has 116 valence electrons. The Morgan fingerprint density at radius 2 is 2.10 bits per heavy atom. The fourth-order valence-electron chi connectivity index (χ4n) is 2.84. The number of hydrogen-bond acceptors (Lipinski definition) is 4. The molecule has 0 aromatic rings. The number of nitrogens with two attached hydrogens (primary N) is 1. The third-order valence-electron chi connectivity index (χ3n) is 4.17. The van der Waals surface area contributed by atoms with Crippen LogP contribution in [0.4, 0.5) is 4.79 Å². The summed E-state index contributed by atoms with van der Waals surface area (Å²) in [4.78, 5) is 25.6. The van der Waals surface area contributed by atoms with Crippen LogP contribution in [0.5, 0.6) is 0 Å². The molecule has 0 radical (unpaired) electrons. The van der Waals surface area contributed by atoms with E-state index in [0.717, 1.165) is 25.8 Å². The summed E-state index contributed by atoms with van der Waals surface area (Å²) in [5.41, 5.74) is 5.84. The highest BCUT2D eigenvalue weighted by Gasteiger charge is 2.33. The quantitative estimate of drug-likeness (QED) is 0.692. The van der Waals surface area contributed by atoms with E-state index in [1.165, 1.54) is 0 Å². The zero-order chi connectivity index (χ0) is 15.1. The number of rotatable bonds is 5. The highest BCUT2D eigenvalue weighted by atomic mass is 16.2. The standard InChI is InChI=1S/C14H28N4O2/c1-4-11-6-7-18(12(8-11)9-15)10(3)13(19)17-14(20)16-5-2/h10-12H,4-9,15H2,1-3H3,(H2,16,17,19,20). The van der Waals surface area contributed by atoms with E-state index >= 15 is 0 Å². The van der Waals surface area contributed by atoms with Gasteiger partial charge < -0.3 is 11.1 Å². The molecule has 0 bridgehead atoms. The molecule has 3 atom stereocenters. The first-order chi connectivity index (χ1) is 9.53. The first-order valence-electron chi connectivity index (χ1n) is 7.57. The molecule has 0 spiro atoms. The lowest BCUT2D eigenvalue weighted by Gasteiger charge is -2.41. The molecule has 1 heterocycles. The number of nitrogens with zero attached hydrogens (tertiary/aromatic N) is 1. The van der Waals surface area contributed by atoms with Crippen molar-refractivity contribution in [3.63, 3.8) is 0 Å². The van der Waals surface area contributed by atoms with Gasteiger partial charge in [0.25, 0.3) is 0 Å². The summed E-state index contributed by atoms with van der Waals surface area (Å²) in [7, 11) is 0. The van der Waals surface area contributed by atoms with Crippen LogP contribution in [0.25, 0.3) is 0 Å². The van der Waals surface area contributed by atoms with Gasteiger partial charge in [-0.15, -0.1) is 0 Å². The summed E-state index contributed by atoms with van der Waals surface area (Å²) >= 11 is 0. The molecule has 1 saturated heterocycles. The summed E-state index contributed by atoms with van der Waals surface area (Å²) in [5.74, 6) is 0.433. The molecule has 1 aliphatic heterocycles. The van der Waals surface area contributed by atoms with Crippen LogP contribution in [0.15, 0.2) is 0 Å². The summed E-state index contributed by atoms with van der Waals surface area (Å²) in [6, 6.07) is -0.537. The number of imide groups is 1. The van der Waals surface area contributed by atoms with Gasteiger partial charge in [-0.2, -0.15) is 0 Å². The third kappa shape index (κ3) is 4.45. The summed E-state index contributed by atoms with van der Waals surface area (Å²) in [6.07, 6.45) is 3.28. The number of carbonyl (C=O) groups is 2. The molecule has 0 saturated carbocycles. The summed E-state index contributed by atoms with van der Waals surface area (Å²) in [5, 5.41) is 4.94. The van der Waals surface area contributed by atoms with Gasteiger partial charge in [-0.1, -0.05) is 13.3 Å². The number of carbonyl (C=O) groups excluding carboxylic acids is 2. The van der Waals surface area contributed by atoms with Crippen molar-refractivity contribution in [2.45, 2.75) is 52.1 Å².